The maximum atomic E-state index is 12.5. The Morgan fingerprint density at radius 2 is 2.11 bits per heavy atom. The van der Waals surface area contributed by atoms with Crippen molar-refractivity contribution in [2.24, 2.45) is 0 Å². The van der Waals surface area contributed by atoms with E-state index < -0.39 is 0 Å². The van der Waals surface area contributed by atoms with E-state index >= 15 is 0 Å². The molecule has 3 heteroatoms. The Balaban J connectivity index is 1.85. The summed E-state index contributed by atoms with van der Waals surface area (Å²) in [7, 11) is 0. The maximum Gasteiger partial charge on any atom is 0.254 e. The molecule has 0 spiro atoms. The Labute approximate surface area is 111 Å². The quantitative estimate of drug-likeness (QED) is 0.768. The van der Waals surface area contributed by atoms with Gasteiger partial charge in [-0.25, -0.2) is 0 Å². The largest absolute Gasteiger partial charge is 0.334 e. The van der Waals surface area contributed by atoms with Crippen LogP contribution in [0.2, 0.25) is 0 Å². The van der Waals surface area contributed by atoms with Gasteiger partial charge in [0.1, 0.15) is 0 Å². The molecule has 0 fully saturated rings. The average Bonchev–Trinajstić information content (AvgIpc) is 2.85. The van der Waals surface area contributed by atoms with E-state index in [4.69, 9.17) is 0 Å². The van der Waals surface area contributed by atoms with Gasteiger partial charge in [-0.05, 0) is 42.0 Å². The molecule has 2 heterocycles. The first-order valence-corrected chi connectivity index (χ1v) is 7.04. The summed E-state index contributed by atoms with van der Waals surface area (Å²) < 4.78 is 0. The Morgan fingerprint density at radius 1 is 1.28 bits per heavy atom. The van der Waals surface area contributed by atoms with E-state index in [1.54, 1.807) is 11.3 Å². The third-order valence-corrected chi connectivity index (χ3v) is 4.49. The summed E-state index contributed by atoms with van der Waals surface area (Å²) in [4.78, 5) is 15.9. The lowest BCUT2D eigenvalue weighted by Gasteiger charge is -2.27. The van der Waals surface area contributed by atoms with Crippen molar-refractivity contribution < 1.29 is 4.79 Å². The monoisotopic (exact) mass is 257 g/mol. The van der Waals surface area contributed by atoms with Crippen LogP contribution in [-0.4, -0.2) is 17.4 Å². The van der Waals surface area contributed by atoms with Gasteiger partial charge in [0.15, 0.2) is 0 Å². The third kappa shape index (κ3) is 1.95. The fraction of sp³-hybridized carbons (Fsp3) is 0.267. The molecular formula is C15H15NOS. The van der Waals surface area contributed by atoms with Crippen molar-refractivity contribution in [3.8, 4) is 0 Å². The van der Waals surface area contributed by atoms with E-state index in [-0.39, 0.29) is 5.91 Å². The van der Waals surface area contributed by atoms with Crippen LogP contribution in [0.1, 0.15) is 26.4 Å². The van der Waals surface area contributed by atoms with E-state index in [0.29, 0.717) is 0 Å². The summed E-state index contributed by atoms with van der Waals surface area (Å²) in [6.07, 6.45) is 0.991. The molecule has 3 rings (SSSR count). The first kappa shape index (κ1) is 11.5. The molecule has 0 unspecified atom stereocenters. The Bertz CT molecular complexity index is 588. The minimum atomic E-state index is 0.157. The highest BCUT2D eigenvalue weighted by atomic mass is 32.1. The van der Waals surface area contributed by atoms with Gasteiger partial charge in [0, 0.05) is 23.5 Å². The number of nitrogens with zero attached hydrogens (tertiary/aromatic N) is 1. The normalized spacial score (nSPS) is 14.4. The molecule has 0 radical (unpaired) electrons. The molecule has 0 bridgehead atoms. The van der Waals surface area contributed by atoms with Crippen LogP contribution in [0.3, 0.4) is 0 Å². The number of hydrogen-bond donors (Lipinski definition) is 0. The second-order valence-electron chi connectivity index (χ2n) is 4.66. The summed E-state index contributed by atoms with van der Waals surface area (Å²) in [6.45, 7) is 3.58. The molecule has 18 heavy (non-hydrogen) atoms. The number of fused-ring (bicyclic) bond motifs is 1. The van der Waals surface area contributed by atoms with Gasteiger partial charge in [0.2, 0.25) is 0 Å². The van der Waals surface area contributed by atoms with Gasteiger partial charge in [0.05, 0.1) is 0 Å². The van der Waals surface area contributed by atoms with E-state index in [1.807, 2.05) is 36.1 Å². The fourth-order valence-corrected chi connectivity index (χ4v) is 3.29. The van der Waals surface area contributed by atoms with E-state index in [2.05, 4.69) is 11.4 Å². The van der Waals surface area contributed by atoms with Crippen molar-refractivity contribution in [1.29, 1.82) is 0 Å². The molecule has 0 aliphatic carbocycles. The van der Waals surface area contributed by atoms with Gasteiger partial charge in [-0.1, -0.05) is 18.2 Å². The van der Waals surface area contributed by atoms with E-state index in [9.17, 15) is 4.79 Å². The van der Waals surface area contributed by atoms with Crippen molar-refractivity contribution in [1.82, 2.24) is 4.90 Å². The van der Waals surface area contributed by atoms with Crippen molar-refractivity contribution >= 4 is 17.2 Å². The van der Waals surface area contributed by atoms with Crippen molar-refractivity contribution in [2.75, 3.05) is 6.54 Å². The number of carbonyl (C=O) groups excluding carboxylic acids is 1. The summed E-state index contributed by atoms with van der Waals surface area (Å²) in [6, 6.07) is 9.95. The minimum Gasteiger partial charge on any atom is -0.334 e. The van der Waals surface area contributed by atoms with Gasteiger partial charge < -0.3 is 4.90 Å². The van der Waals surface area contributed by atoms with Gasteiger partial charge in [-0.2, -0.15) is 0 Å². The lowest BCUT2D eigenvalue weighted by Crippen LogP contribution is -2.35. The molecule has 92 valence electrons. The lowest BCUT2D eigenvalue weighted by molar-refractivity contribution is 0.0735. The zero-order valence-corrected chi connectivity index (χ0v) is 11.2. The molecule has 2 aromatic rings. The van der Waals surface area contributed by atoms with Gasteiger partial charge in [-0.3, -0.25) is 4.79 Å². The van der Waals surface area contributed by atoms with E-state index in [0.717, 1.165) is 30.6 Å². The van der Waals surface area contributed by atoms with Crippen LogP contribution in [0.25, 0.3) is 0 Å². The molecule has 1 aromatic carbocycles. The van der Waals surface area contributed by atoms with Crippen LogP contribution < -0.4 is 0 Å². The van der Waals surface area contributed by atoms with Crippen LogP contribution in [0.5, 0.6) is 0 Å². The zero-order chi connectivity index (χ0) is 12.5. The summed E-state index contributed by atoms with van der Waals surface area (Å²) in [5.74, 6) is 0.157. The standard InChI is InChI=1S/C15H15NOS/c1-11-4-2-3-5-13(11)15(17)16-8-6-14-12(10-16)7-9-18-14/h2-5,7,9H,6,8,10H2,1H3. The van der Waals surface area contributed by atoms with Crippen molar-refractivity contribution in [3.05, 3.63) is 57.3 Å². The Morgan fingerprint density at radius 3 is 2.94 bits per heavy atom. The third-order valence-electron chi connectivity index (χ3n) is 3.47. The molecule has 1 aromatic heterocycles. The minimum absolute atomic E-state index is 0.157. The van der Waals surface area contributed by atoms with Gasteiger partial charge in [-0.15, -0.1) is 11.3 Å². The predicted octanol–water partition coefficient (Wildman–Crippen LogP) is 3.26. The smallest absolute Gasteiger partial charge is 0.254 e. The van der Waals surface area contributed by atoms with Crippen molar-refractivity contribution in [2.45, 2.75) is 19.9 Å². The SMILES string of the molecule is Cc1ccccc1C(=O)N1CCc2sccc2C1. The lowest BCUT2D eigenvalue weighted by atomic mass is 10.0. The van der Waals surface area contributed by atoms with Crippen molar-refractivity contribution in [3.63, 3.8) is 0 Å². The second-order valence-corrected chi connectivity index (χ2v) is 5.66. The van der Waals surface area contributed by atoms with Gasteiger partial charge >= 0.3 is 0 Å². The average molecular weight is 257 g/mol. The number of thiophene rings is 1. The summed E-state index contributed by atoms with van der Waals surface area (Å²) in [5, 5.41) is 2.12. The molecule has 0 saturated carbocycles. The molecule has 1 aliphatic heterocycles. The highest BCUT2D eigenvalue weighted by Gasteiger charge is 2.23. The number of aryl methyl sites for hydroxylation is 1. The first-order chi connectivity index (χ1) is 8.75. The second kappa shape index (κ2) is 4.58. The number of hydrogen-bond acceptors (Lipinski definition) is 2. The molecule has 0 N–H and O–H groups in total. The fourth-order valence-electron chi connectivity index (χ4n) is 2.41. The summed E-state index contributed by atoms with van der Waals surface area (Å²) in [5.41, 5.74) is 3.20. The first-order valence-electron chi connectivity index (χ1n) is 6.16. The van der Waals surface area contributed by atoms with Crippen LogP contribution >= 0.6 is 11.3 Å². The molecule has 1 aliphatic rings. The number of rotatable bonds is 1. The highest BCUT2D eigenvalue weighted by Crippen LogP contribution is 2.25. The number of carbonyl (C=O) groups is 1. The van der Waals surface area contributed by atoms with E-state index in [1.165, 1.54) is 10.4 Å². The predicted molar refractivity (Wildman–Crippen MR) is 73.9 cm³/mol. The molecule has 1 amide bonds. The molecular weight excluding hydrogens is 242 g/mol. The molecule has 0 saturated heterocycles. The van der Waals surface area contributed by atoms with Crippen LogP contribution in [-0.2, 0) is 13.0 Å². The number of benzene rings is 1. The van der Waals surface area contributed by atoms with Crippen LogP contribution in [0.15, 0.2) is 35.7 Å². The Kier molecular flexibility index (Phi) is 2.92. The topological polar surface area (TPSA) is 20.3 Å². The van der Waals surface area contributed by atoms with Gasteiger partial charge in [0.25, 0.3) is 5.91 Å². The maximum absolute atomic E-state index is 12.5. The van der Waals surface area contributed by atoms with Crippen LogP contribution in [0.4, 0.5) is 0 Å². The molecule has 2 nitrogen and oxygen atoms in total. The molecule has 0 atom stereocenters. The zero-order valence-electron chi connectivity index (χ0n) is 10.3. The highest BCUT2D eigenvalue weighted by molar-refractivity contribution is 7.10. The number of amides is 1. The summed E-state index contributed by atoms with van der Waals surface area (Å²) >= 11 is 1.80. The Hall–Kier alpha value is -1.61. The van der Waals surface area contributed by atoms with Crippen LogP contribution in [0, 0.1) is 6.92 Å².